The zero-order chi connectivity index (χ0) is 20.1. The average molecular weight is 540 g/mol. The van der Waals surface area contributed by atoms with E-state index >= 15 is 0 Å². The molecule has 0 aromatic heterocycles. The van der Waals surface area contributed by atoms with E-state index in [1.54, 1.807) is 7.05 Å². The van der Waals surface area contributed by atoms with E-state index in [1.165, 1.54) is 0 Å². The van der Waals surface area contributed by atoms with Crippen LogP contribution in [0, 0.1) is 0 Å². The summed E-state index contributed by atoms with van der Waals surface area (Å²) in [6.07, 6.45) is 3.29. The number of nitrogens with zero attached hydrogens (tertiary/aromatic N) is 1. The summed E-state index contributed by atoms with van der Waals surface area (Å²) in [5.74, 6) is 0.558. The summed E-state index contributed by atoms with van der Waals surface area (Å²) in [5.41, 5.74) is 0.929. The molecule has 1 unspecified atom stereocenters. The van der Waals surface area contributed by atoms with E-state index in [9.17, 15) is 8.42 Å². The van der Waals surface area contributed by atoms with Gasteiger partial charge in [-0.1, -0.05) is 30.3 Å². The van der Waals surface area contributed by atoms with Crippen LogP contribution in [0.2, 0.25) is 0 Å². The molecule has 0 saturated carbocycles. The first kappa shape index (κ1) is 26.1. The van der Waals surface area contributed by atoms with Crippen molar-refractivity contribution in [1.82, 2.24) is 15.4 Å². The van der Waals surface area contributed by atoms with E-state index < -0.39 is 10.0 Å². The van der Waals surface area contributed by atoms with Gasteiger partial charge in [-0.25, -0.2) is 13.1 Å². The number of hydrogen-bond donors (Lipinski definition) is 3. The van der Waals surface area contributed by atoms with Crippen LogP contribution in [0.15, 0.2) is 35.3 Å². The molecule has 1 atom stereocenters. The van der Waals surface area contributed by atoms with Crippen LogP contribution in [0.5, 0.6) is 0 Å². The van der Waals surface area contributed by atoms with E-state index in [4.69, 9.17) is 9.47 Å². The smallest absolute Gasteiger partial charge is 0.213 e. The van der Waals surface area contributed by atoms with Gasteiger partial charge >= 0.3 is 0 Å². The number of sulfonamides is 1. The lowest BCUT2D eigenvalue weighted by Gasteiger charge is -2.13. The SMILES string of the molecule is CN=C(NCCCOCC1CCCO1)NCCS(=O)(=O)NCc1ccccc1.I. The van der Waals surface area contributed by atoms with Gasteiger partial charge in [0.1, 0.15) is 0 Å². The lowest BCUT2D eigenvalue weighted by atomic mass is 10.2. The first-order valence-electron chi connectivity index (χ1n) is 9.74. The van der Waals surface area contributed by atoms with Gasteiger partial charge in [-0.3, -0.25) is 4.99 Å². The highest BCUT2D eigenvalue weighted by Crippen LogP contribution is 2.11. The van der Waals surface area contributed by atoms with Crippen LogP contribution in [0.25, 0.3) is 0 Å². The number of halogens is 1. The van der Waals surface area contributed by atoms with Gasteiger partial charge in [-0.05, 0) is 24.8 Å². The Morgan fingerprint density at radius 2 is 2.00 bits per heavy atom. The molecule has 2 rings (SSSR count). The number of benzene rings is 1. The summed E-state index contributed by atoms with van der Waals surface area (Å²) in [4.78, 5) is 4.10. The van der Waals surface area contributed by atoms with Crippen LogP contribution in [-0.2, 0) is 26.0 Å². The summed E-state index contributed by atoms with van der Waals surface area (Å²) in [6, 6.07) is 9.44. The molecule has 29 heavy (non-hydrogen) atoms. The first-order valence-corrected chi connectivity index (χ1v) is 11.4. The van der Waals surface area contributed by atoms with E-state index in [2.05, 4.69) is 20.3 Å². The van der Waals surface area contributed by atoms with Crippen molar-refractivity contribution < 1.29 is 17.9 Å². The molecular weight excluding hydrogens is 507 g/mol. The second kappa shape index (κ2) is 14.9. The molecule has 1 fully saturated rings. The van der Waals surface area contributed by atoms with Crippen molar-refractivity contribution in [3.05, 3.63) is 35.9 Å². The summed E-state index contributed by atoms with van der Waals surface area (Å²) in [6.45, 7) is 3.42. The zero-order valence-corrected chi connectivity index (χ0v) is 20.1. The van der Waals surface area contributed by atoms with Gasteiger partial charge < -0.3 is 20.1 Å². The highest BCUT2D eigenvalue weighted by atomic mass is 127. The number of hydrogen-bond acceptors (Lipinski definition) is 5. The van der Waals surface area contributed by atoms with E-state index in [0.717, 1.165) is 31.4 Å². The average Bonchev–Trinajstić information content (AvgIpc) is 3.22. The Labute approximate surface area is 191 Å². The highest BCUT2D eigenvalue weighted by Gasteiger charge is 2.15. The molecule has 166 valence electrons. The molecule has 0 bridgehead atoms. The standard InChI is InChI=1S/C19H32N4O4S.HI/c1-20-19(21-10-6-12-26-16-18-9-5-13-27-18)22-11-14-28(24,25)23-15-17-7-3-2-4-8-17;/h2-4,7-8,18,23H,5-6,9-16H2,1H3,(H2,20,21,22);1H. The molecule has 10 heteroatoms. The molecule has 1 saturated heterocycles. The van der Waals surface area contributed by atoms with Crippen molar-refractivity contribution in [3.63, 3.8) is 0 Å². The predicted molar refractivity (Wildman–Crippen MR) is 126 cm³/mol. The molecule has 1 heterocycles. The number of nitrogens with one attached hydrogen (secondary N) is 3. The van der Waals surface area contributed by atoms with Gasteiger partial charge in [0.2, 0.25) is 10.0 Å². The van der Waals surface area contributed by atoms with Gasteiger partial charge in [-0.2, -0.15) is 0 Å². The highest BCUT2D eigenvalue weighted by molar-refractivity contribution is 14.0. The molecule has 1 aromatic carbocycles. The van der Waals surface area contributed by atoms with E-state index in [1.807, 2.05) is 30.3 Å². The fourth-order valence-electron chi connectivity index (χ4n) is 2.76. The Balaban J connectivity index is 0.00000420. The molecular formula is C19H33IN4O4S. The number of aliphatic imine (C=N–C) groups is 1. The second-order valence-corrected chi connectivity index (χ2v) is 8.54. The Bertz CT molecular complexity index is 683. The molecule has 1 aliphatic rings. The van der Waals surface area contributed by atoms with Gasteiger partial charge in [-0.15, -0.1) is 24.0 Å². The van der Waals surface area contributed by atoms with E-state index in [-0.39, 0.29) is 42.4 Å². The third-order valence-corrected chi connectivity index (χ3v) is 5.64. The predicted octanol–water partition coefficient (Wildman–Crippen LogP) is 1.47. The minimum atomic E-state index is -3.35. The third kappa shape index (κ3) is 11.7. The van der Waals surface area contributed by atoms with Crippen LogP contribution < -0.4 is 15.4 Å². The van der Waals surface area contributed by atoms with Gasteiger partial charge in [0.15, 0.2) is 5.96 Å². The van der Waals surface area contributed by atoms with Crippen LogP contribution in [0.1, 0.15) is 24.8 Å². The normalized spacial score (nSPS) is 17.0. The largest absolute Gasteiger partial charge is 0.379 e. The molecule has 8 nitrogen and oxygen atoms in total. The first-order chi connectivity index (χ1) is 13.6. The molecule has 0 radical (unpaired) electrons. The molecule has 3 N–H and O–H groups in total. The van der Waals surface area contributed by atoms with Crippen molar-refractivity contribution in [2.75, 3.05) is 45.7 Å². The Morgan fingerprint density at radius 3 is 2.69 bits per heavy atom. The summed E-state index contributed by atoms with van der Waals surface area (Å²) in [7, 11) is -1.69. The number of guanidine groups is 1. The van der Waals surface area contributed by atoms with Gasteiger partial charge in [0.25, 0.3) is 0 Å². The molecule has 0 aliphatic carbocycles. The van der Waals surface area contributed by atoms with Crippen LogP contribution in [0.4, 0.5) is 0 Å². The van der Waals surface area contributed by atoms with Gasteiger partial charge in [0.05, 0.1) is 18.5 Å². The summed E-state index contributed by atoms with van der Waals surface area (Å²) in [5, 5.41) is 6.17. The maximum absolute atomic E-state index is 12.1. The minimum absolute atomic E-state index is 0. The van der Waals surface area contributed by atoms with Crippen molar-refractivity contribution in [2.45, 2.75) is 31.9 Å². The third-order valence-electron chi connectivity index (χ3n) is 4.31. The van der Waals surface area contributed by atoms with Crippen molar-refractivity contribution in [1.29, 1.82) is 0 Å². The van der Waals surface area contributed by atoms with Crippen LogP contribution in [-0.4, -0.2) is 66.2 Å². The molecule has 1 aromatic rings. The minimum Gasteiger partial charge on any atom is -0.379 e. The fourth-order valence-corrected chi connectivity index (χ4v) is 3.66. The topological polar surface area (TPSA) is 101 Å². The van der Waals surface area contributed by atoms with Gasteiger partial charge in [0, 0.05) is 39.9 Å². The zero-order valence-electron chi connectivity index (χ0n) is 16.9. The maximum atomic E-state index is 12.1. The lowest BCUT2D eigenvalue weighted by Crippen LogP contribution is -2.41. The lowest BCUT2D eigenvalue weighted by molar-refractivity contribution is 0.0168. The number of rotatable bonds is 12. The van der Waals surface area contributed by atoms with E-state index in [0.29, 0.717) is 32.3 Å². The quantitative estimate of drug-likeness (QED) is 0.161. The summed E-state index contributed by atoms with van der Waals surface area (Å²) >= 11 is 0. The Hall–Kier alpha value is -0.950. The maximum Gasteiger partial charge on any atom is 0.213 e. The Kier molecular flexibility index (Phi) is 13.4. The molecule has 1 aliphatic heterocycles. The molecule has 0 spiro atoms. The second-order valence-electron chi connectivity index (χ2n) is 6.61. The van der Waals surface area contributed by atoms with Crippen molar-refractivity contribution >= 4 is 40.0 Å². The fraction of sp³-hybridized carbons (Fsp3) is 0.632. The number of ether oxygens (including phenoxy) is 2. The van der Waals surface area contributed by atoms with Crippen LogP contribution in [0.3, 0.4) is 0 Å². The monoisotopic (exact) mass is 540 g/mol. The van der Waals surface area contributed by atoms with Crippen LogP contribution >= 0.6 is 24.0 Å². The summed E-state index contributed by atoms with van der Waals surface area (Å²) < 4.78 is 37.9. The Morgan fingerprint density at radius 1 is 1.24 bits per heavy atom. The molecule has 0 amide bonds. The van der Waals surface area contributed by atoms with Crippen molar-refractivity contribution in [2.24, 2.45) is 4.99 Å². The van der Waals surface area contributed by atoms with Crippen molar-refractivity contribution in [3.8, 4) is 0 Å².